The minimum absolute atomic E-state index is 0.0517. The topological polar surface area (TPSA) is 113 Å². The molecule has 0 aliphatic heterocycles. The first-order chi connectivity index (χ1) is 10.4. The lowest BCUT2D eigenvalue weighted by Gasteiger charge is -2.11. The normalized spacial score (nSPS) is 10.3. The number of hydrogen-bond donors (Lipinski definition) is 3. The Labute approximate surface area is 122 Å². The van der Waals surface area contributed by atoms with E-state index in [4.69, 9.17) is 4.74 Å². The van der Waals surface area contributed by atoms with Gasteiger partial charge in [-0.05, 0) is 12.1 Å². The molecule has 1 aromatic carbocycles. The summed E-state index contributed by atoms with van der Waals surface area (Å²) in [6.45, 7) is -0.522. The van der Waals surface area contributed by atoms with Gasteiger partial charge >= 0.3 is 5.69 Å². The van der Waals surface area contributed by atoms with E-state index in [9.17, 15) is 23.9 Å². The number of phenols is 1. The van der Waals surface area contributed by atoms with Crippen LogP contribution in [0.1, 0.15) is 0 Å². The Kier molecular flexibility index (Phi) is 4.25. The number of methoxy groups -OCH3 is 1. The number of aromatic hydroxyl groups is 1. The van der Waals surface area contributed by atoms with Crippen molar-refractivity contribution in [2.75, 3.05) is 12.4 Å². The second-order valence-electron chi connectivity index (χ2n) is 4.27. The molecule has 116 valence electrons. The number of anilines is 1. The van der Waals surface area contributed by atoms with E-state index >= 15 is 0 Å². The minimum atomic E-state index is -1.18. The summed E-state index contributed by atoms with van der Waals surface area (Å²) in [6.07, 6.45) is 0.639. The number of nitrogens with zero attached hydrogens (tertiary/aromatic N) is 1. The van der Waals surface area contributed by atoms with Crippen LogP contribution in [0.3, 0.4) is 0 Å². The number of amides is 1. The third kappa shape index (κ3) is 3.14. The molecule has 2 aromatic rings. The number of hydrogen-bond acceptors (Lipinski definition) is 5. The number of aromatic amines is 1. The van der Waals surface area contributed by atoms with Crippen molar-refractivity contribution in [2.45, 2.75) is 6.54 Å². The van der Waals surface area contributed by atoms with E-state index in [0.717, 1.165) is 0 Å². The summed E-state index contributed by atoms with van der Waals surface area (Å²) in [7, 11) is 1.31. The van der Waals surface area contributed by atoms with Crippen molar-refractivity contribution in [1.82, 2.24) is 9.55 Å². The van der Waals surface area contributed by atoms with E-state index in [2.05, 4.69) is 5.32 Å². The lowest BCUT2D eigenvalue weighted by molar-refractivity contribution is -0.116. The summed E-state index contributed by atoms with van der Waals surface area (Å²) in [5.74, 6) is -1.97. The SMILES string of the molecule is COc1c(O)cccc1NC(=O)Cn1cc(F)c(=O)[nH]c1=O. The van der Waals surface area contributed by atoms with E-state index < -0.39 is 29.5 Å². The molecule has 1 amide bonds. The van der Waals surface area contributed by atoms with Crippen molar-refractivity contribution in [3.63, 3.8) is 0 Å². The van der Waals surface area contributed by atoms with Gasteiger partial charge in [0.2, 0.25) is 11.7 Å². The molecular formula is C13H12FN3O5. The number of rotatable bonds is 4. The summed E-state index contributed by atoms with van der Waals surface area (Å²) in [6, 6.07) is 4.34. The van der Waals surface area contributed by atoms with Crippen molar-refractivity contribution in [3.8, 4) is 11.5 Å². The molecule has 0 aliphatic carbocycles. The highest BCUT2D eigenvalue weighted by Crippen LogP contribution is 2.33. The fraction of sp³-hybridized carbons (Fsp3) is 0.154. The largest absolute Gasteiger partial charge is 0.504 e. The van der Waals surface area contributed by atoms with Gasteiger partial charge in [0.25, 0.3) is 5.56 Å². The van der Waals surface area contributed by atoms with Gasteiger partial charge in [-0.3, -0.25) is 19.1 Å². The van der Waals surface area contributed by atoms with Crippen LogP contribution in [0.15, 0.2) is 34.0 Å². The number of carbonyl (C=O) groups is 1. The molecule has 3 N–H and O–H groups in total. The van der Waals surface area contributed by atoms with Gasteiger partial charge in [-0.2, -0.15) is 4.39 Å². The summed E-state index contributed by atoms with van der Waals surface area (Å²) in [5.41, 5.74) is -1.88. The molecular weight excluding hydrogens is 297 g/mol. The number of aromatic nitrogens is 2. The standard InChI is InChI=1S/C13H12FN3O5/c1-22-11-8(3-2-4-9(11)18)15-10(19)6-17-5-7(14)12(20)16-13(17)21/h2-5,18H,6H2,1H3,(H,15,19)(H,16,20,21). The van der Waals surface area contributed by atoms with Crippen LogP contribution < -0.4 is 21.3 Å². The zero-order valence-corrected chi connectivity index (χ0v) is 11.4. The molecule has 0 unspecified atom stereocenters. The van der Waals surface area contributed by atoms with Gasteiger partial charge in [-0.1, -0.05) is 6.07 Å². The predicted octanol–water partition coefficient (Wildman–Crippen LogP) is 0.0286. The van der Waals surface area contributed by atoms with Gasteiger partial charge < -0.3 is 15.2 Å². The highest BCUT2D eigenvalue weighted by molar-refractivity contribution is 5.92. The Morgan fingerprint density at radius 2 is 2.18 bits per heavy atom. The number of H-pyrrole nitrogens is 1. The lowest BCUT2D eigenvalue weighted by atomic mass is 10.2. The lowest BCUT2D eigenvalue weighted by Crippen LogP contribution is -2.34. The maximum Gasteiger partial charge on any atom is 0.328 e. The fourth-order valence-corrected chi connectivity index (χ4v) is 1.78. The summed E-state index contributed by atoms with van der Waals surface area (Å²) < 4.78 is 18.8. The van der Waals surface area contributed by atoms with Crippen molar-refractivity contribution < 1.29 is 19.0 Å². The first kappa shape index (κ1) is 15.3. The van der Waals surface area contributed by atoms with Gasteiger partial charge in [-0.15, -0.1) is 0 Å². The highest BCUT2D eigenvalue weighted by Gasteiger charge is 2.13. The van der Waals surface area contributed by atoms with Gasteiger partial charge in [0, 0.05) is 0 Å². The number of carbonyl (C=O) groups excluding carboxylic acids is 1. The molecule has 0 spiro atoms. The zero-order valence-electron chi connectivity index (χ0n) is 11.4. The number of phenolic OH excluding ortho intramolecular Hbond substituents is 1. The minimum Gasteiger partial charge on any atom is -0.504 e. The summed E-state index contributed by atoms with van der Waals surface area (Å²) >= 11 is 0. The number of nitrogens with one attached hydrogen (secondary N) is 2. The Morgan fingerprint density at radius 1 is 1.45 bits per heavy atom. The average molecular weight is 309 g/mol. The van der Waals surface area contributed by atoms with Crippen LogP contribution in [0.2, 0.25) is 0 Å². The Bertz CT molecular complexity index is 827. The molecule has 0 fully saturated rings. The van der Waals surface area contributed by atoms with Gasteiger partial charge in [-0.25, -0.2) is 4.79 Å². The second-order valence-corrected chi connectivity index (χ2v) is 4.27. The zero-order chi connectivity index (χ0) is 16.3. The fourth-order valence-electron chi connectivity index (χ4n) is 1.78. The van der Waals surface area contributed by atoms with Crippen LogP contribution in [0.25, 0.3) is 0 Å². The van der Waals surface area contributed by atoms with Crippen molar-refractivity contribution in [1.29, 1.82) is 0 Å². The molecule has 0 atom stereocenters. The van der Waals surface area contributed by atoms with Crippen LogP contribution in [0.5, 0.6) is 11.5 Å². The summed E-state index contributed by atoms with van der Waals surface area (Å²) in [4.78, 5) is 36.0. The Hall–Kier alpha value is -3.10. The number of halogens is 1. The van der Waals surface area contributed by atoms with Gasteiger partial charge in [0.1, 0.15) is 6.54 Å². The van der Waals surface area contributed by atoms with Gasteiger partial charge in [0.05, 0.1) is 19.0 Å². The van der Waals surface area contributed by atoms with Crippen molar-refractivity contribution in [3.05, 3.63) is 51.1 Å². The molecule has 0 aliphatic rings. The van der Waals surface area contributed by atoms with E-state index in [-0.39, 0.29) is 17.2 Å². The first-order valence-electron chi connectivity index (χ1n) is 6.07. The van der Waals surface area contributed by atoms with Crippen molar-refractivity contribution in [2.24, 2.45) is 0 Å². The van der Waals surface area contributed by atoms with E-state index in [1.165, 1.54) is 25.3 Å². The van der Waals surface area contributed by atoms with Crippen LogP contribution in [0, 0.1) is 5.82 Å². The molecule has 0 saturated carbocycles. The van der Waals surface area contributed by atoms with E-state index in [1.54, 1.807) is 4.98 Å². The molecule has 2 rings (SSSR count). The molecule has 9 heteroatoms. The van der Waals surface area contributed by atoms with E-state index in [1.807, 2.05) is 0 Å². The average Bonchev–Trinajstić information content (AvgIpc) is 2.45. The quantitative estimate of drug-likeness (QED) is 0.737. The highest BCUT2D eigenvalue weighted by atomic mass is 19.1. The monoisotopic (exact) mass is 309 g/mol. The Morgan fingerprint density at radius 3 is 2.86 bits per heavy atom. The molecule has 0 saturated heterocycles. The van der Waals surface area contributed by atoms with Crippen LogP contribution in [0.4, 0.5) is 10.1 Å². The van der Waals surface area contributed by atoms with Gasteiger partial charge in [0.15, 0.2) is 11.5 Å². The molecule has 22 heavy (non-hydrogen) atoms. The molecule has 1 heterocycles. The second kappa shape index (κ2) is 6.12. The maximum atomic E-state index is 13.1. The third-order valence-corrected chi connectivity index (χ3v) is 2.75. The smallest absolute Gasteiger partial charge is 0.328 e. The predicted molar refractivity (Wildman–Crippen MR) is 74.6 cm³/mol. The molecule has 0 radical (unpaired) electrons. The first-order valence-corrected chi connectivity index (χ1v) is 6.07. The van der Waals surface area contributed by atoms with Crippen molar-refractivity contribution >= 4 is 11.6 Å². The third-order valence-electron chi connectivity index (χ3n) is 2.75. The van der Waals surface area contributed by atoms with E-state index in [0.29, 0.717) is 10.8 Å². The summed E-state index contributed by atoms with van der Waals surface area (Å²) in [5, 5.41) is 12.0. The van der Waals surface area contributed by atoms with Crippen LogP contribution in [-0.4, -0.2) is 27.7 Å². The number of benzene rings is 1. The molecule has 8 nitrogen and oxygen atoms in total. The molecule has 0 bridgehead atoms. The van der Waals surface area contributed by atoms with Crippen LogP contribution >= 0.6 is 0 Å². The maximum absolute atomic E-state index is 13.1. The van der Waals surface area contributed by atoms with Crippen LogP contribution in [-0.2, 0) is 11.3 Å². The molecule has 1 aromatic heterocycles. The number of para-hydroxylation sites is 1. The Balaban J connectivity index is 2.21. The number of ether oxygens (including phenoxy) is 1.